The molecule has 0 N–H and O–H groups in total. The van der Waals surface area contributed by atoms with Crippen molar-refractivity contribution in [2.45, 2.75) is 18.3 Å². The lowest BCUT2D eigenvalue weighted by atomic mass is 9.75. The van der Waals surface area contributed by atoms with Gasteiger partial charge in [-0.1, -0.05) is 18.2 Å². The number of halogens is 2. The van der Waals surface area contributed by atoms with Crippen molar-refractivity contribution >= 4 is 23.4 Å². The summed E-state index contributed by atoms with van der Waals surface area (Å²) in [7, 11) is 3.68. The van der Waals surface area contributed by atoms with Gasteiger partial charge in [0.25, 0.3) is 0 Å². The summed E-state index contributed by atoms with van der Waals surface area (Å²) in [5, 5.41) is 0. The predicted octanol–water partition coefficient (Wildman–Crippen LogP) is 2.26. The van der Waals surface area contributed by atoms with Gasteiger partial charge in [-0.25, -0.2) is 8.78 Å². The predicted molar refractivity (Wildman–Crippen MR) is 128 cm³/mol. The molecule has 0 saturated carbocycles. The van der Waals surface area contributed by atoms with Gasteiger partial charge in [0.15, 0.2) is 0 Å². The van der Waals surface area contributed by atoms with E-state index in [1.54, 1.807) is 23.1 Å². The second-order valence-corrected chi connectivity index (χ2v) is 9.41. The minimum Gasteiger partial charge on any atom is -0.368 e. The number of likely N-dealkylation sites (N-methyl/N-ethyl adjacent to an activating group) is 1. The molecule has 2 aromatic rings. The quantitative estimate of drug-likeness (QED) is 0.565. The van der Waals surface area contributed by atoms with Gasteiger partial charge in [0.05, 0.1) is 5.41 Å². The number of nitrogens with zero attached hydrogens (tertiary/aromatic N) is 4. The summed E-state index contributed by atoms with van der Waals surface area (Å²) < 4.78 is 28.2. The Morgan fingerprint density at radius 2 is 1.63 bits per heavy atom. The van der Waals surface area contributed by atoms with E-state index in [2.05, 4.69) is 4.90 Å². The molecule has 4 rings (SSSR count). The summed E-state index contributed by atoms with van der Waals surface area (Å²) >= 11 is 0. The Balaban J connectivity index is 1.53. The van der Waals surface area contributed by atoms with Gasteiger partial charge in [0, 0.05) is 63.4 Å². The van der Waals surface area contributed by atoms with Crippen molar-refractivity contribution < 1.29 is 23.2 Å². The molecule has 0 bridgehead atoms. The zero-order valence-electron chi connectivity index (χ0n) is 20.0. The molecule has 35 heavy (non-hydrogen) atoms. The van der Waals surface area contributed by atoms with E-state index in [4.69, 9.17) is 0 Å². The highest BCUT2D eigenvalue weighted by Gasteiger charge is 2.55. The molecule has 0 unspecified atom stereocenters. The van der Waals surface area contributed by atoms with E-state index in [1.807, 2.05) is 19.0 Å². The van der Waals surface area contributed by atoms with Gasteiger partial charge >= 0.3 is 0 Å². The Hall–Kier alpha value is -3.33. The third-order valence-electron chi connectivity index (χ3n) is 6.85. The second kappa shape index (κ2) is 10.1. The number of rotatable bonds is 7. The van der Waals surface area contributed by atoms with E-state index in [0.717, 1.165) is 10.6 Å². The Bertz CT molecular complexity index is 1100. The largest absolute Gasteiger partial charge is 0.368 e. The number of hydrogen-bond donors (Lipinski definition) is 0. The number of likely N-dealkylation sites (tertiary alicyclic amines) is 1. The topological polar surface area (TPSA) is 64.2 Å². The van der Waals surface area contributed by atoms with Gasteiger partial charge in [-0.15, -0.1) is 0 Å². The number of benzene rings is 2. The fraction of sp³-hybridized carbons (Fsp3) is 0.423. The lowest BCUT2D eigenvalue weighted by Gasteiger charge is -2.37. The van der Waals surface area contributed by atoms with Crippen LogP contribution in [0.5, 0.6) is 0 Å². The van der Waals surface area contributed by atoms with Crippen molar-refractivity contribution in [3.63, 3.8) is 0 Å². The first-order valence-electron chi connectivity index (χ1n) is 11.7. The molecule has 2 aliphatic heterocycles. The van der Waals surface area contributed by atoms with Crippen LogP contribution in [-0.4, -0.2) is 85.8 Å². The summed E-state index contributed by atoms with van der Waals surface area (Å²) in [6, 6.07) is 12.1. The van der Waals surface area contributed by atoms with Gasteiger partial charge in [0.2, 0.25) is 17.7 Å². The molecule has 2 aliphatic rings. The Morgan fingerprint density at radius 1 is 0.971 bits per heavy atom. The van der Waals surface area contributed by atoms with Crippen LogP contribution in [0, 0.1) is 11.6 Å². The highest BCUT2D eigenvalue weighted by molar-refractivity contribution is 6.10. The Labute approximate surface area is 203 Å². The van der Waals surface area contributed by atoms with Crippen LogP contribution in [0.15, 0.2) is 48.5 Å². The van der Waals surface area contributed by atoms with Gasteiger partial charge in [-0.2, -0.15) is 0 Å². The monoisotopic (exact) mass is 484 g/mol. The van der Waals surface area contributed by atoms with Gasteiger partial charge in [-0.3, -0.25) is 19.3 Å². The smallest absolute Gasteiger partial charge is 0.241 e. The second-order valence-electron chi connectivity index (χ2n) is 9.41. The van der Waals surface area contributed by atoms with Crippen LogP contribution in [0.1, 0.15) is 18.4 Å². The van der Waals surface area contributed by atoms with Crippen LogP contribution in [-0.2, 0) is 19.8 Å². The van der Waals surface area contributed by atoms with Crippen molar-refractivity contribution in [3.8, 4) is 0 Å². The van der Waals surface area contributed by atoms with Crippen LogP contribution in [0.25, 0.3) is 0 Å². The highest BCUT2D eigenvalue weighted by Crippen LogP contribution is 2.41. The lowest BCUT2D eigenvalue weighted by Crippen LogP contribution is -2.51. The third-order valence-corrected chi connectivity index (χ3v) is 6.85. The number of piperazine rings is 1. The van der Waals surface area contributed by atoms with Crippen LogP contribution < -0.4 is 4.90 Å². The molecule has 0 aliphatic carbocycles. The zero-order chi connectivity index (χ0) is 25.2. The normalized spacial score (nSPS) is 20.8. The number of imide groups is 1. The summed E-state index contributed by atoms with van der Waals surface area (Å²) in [4.78, 5) is 46.6. The maximum Gasteiger partial charge on any atom is 0.241 e. The maximum absolute atomic E-state index is 14.9. The summed E-state index contributed by atoms with van der Waals surface area (Å²) in [5.74, 6) is -2.11. The van der Waals surface area contributed by atoms with Crippen molar-refractivity contribution in [2.75, 3.05) is 58.3 Å². The highest BCUT2D eigenvalue weighted by atomic mass is 19.1. The standard InChI is InChI=1S/C26H30F2N4O3/c1-29(2)11-16-32-24(34)18-26(25(32)35,21-5-3-4-6-22(21)28)17-23(33)31-14-12-30(13-15-31)20-9-7-19(27)8-10-20/h3-10H,11-18H2,1-2H3/t26-/m1/s1. The van der Waals surface area contributed by atoms with Crippen LogP contribution in [0.3, 0.4) is 0 Å². The molecule has 0 radical (unpaired) electrons. The molecule has 3 amide bonds. The maximum atomic E-state index is 14.9. The first kappa shape index (κ1) is 24.8. The zero-order valence-corrected chi connectivity index (χ0v) is 20.0. The molecule has 2 saturated heterocycles. The summed E-state index contributed by atoms with van der Waals surface area (Å²) in [5.41, 5.74) is -0.599. The van der Waals surface area contributed by atoms with Crippen LogP contribution in [0.4, 0.5) is 14.5 Å². The molecular formula is C26H30F2N4O3. The van der Waals surface area contributed by atoms with E-state index < -0.39 is 23.0 Å². The van der Waals surface area contributed by atoms with Gasteiger partial charge < -0.3 is 14.7 Å². The fourth-order valence-corrected chi connectivity index (χ4v) is 4.86. The average molecular weight is 485 g/mol. The molecule has 2 aromatic carbocycles. The molecule has 1 atom stereocenters. The molecule has 186 valence electrons. The number of carbonyl (C=O) groups excluding carboxylic acids is 3. The Kier molecular flexibility index (Phi) is 7.16. The molecule has 7 nitrogen and oxygen atoms in total. The number of carbonyl (C=O) groups is 3. The molecule has 2 fully saturated rings. The molecule has 0 spiro atoms. The fourth-order valence-electron chi connectivity index (χ4n) is 4.86. The molecule has 9 heteroatoms. The number of amides is 3. The number of anilines is 1. The van der Waals surface area contributed by atoms with E-state index in [0.29, 0.717) is 32.7 Å². The van der Waals surface area contributed by atoms with Crippen LogP contribution in [0.2, 0.25) is 0 Å². The van der Waals surface area contributed by atoms with E-state index in [-0.39, 0.29) is 36.7 Å². The third kappa shape index (κ3) is 5.05. The summed E-state index contributed by atoms with van der Waals surface area (Å²) in [6.45, 7) is 2.58. The van der Waals surface area contributed by atoms with Crippen molar-refractivity contribution in [1.82, 2.24) is 14.7 Å². The van der Waals surface area contributed by atoms with Crippen molar-refractivity contribution in [3.05, 3.63) is 65.7 Å². The first-order chi connectivity index (χ1) is 16.7. The van der Waals surface area contributed by atoms with E-state index >= 15 is 0 Å². The number of hydrogen-bond acceptors (Lipinski definition) is 5. The Morgan fingerprint density at radius 3 is 2.26 bits per heavy atom. The van der Waals surface area contributed by atoms with Gasteiger partial charge in [-0.05, 0) is 44.4 Å². The average Bonchev–Trinajstić information content (AvgIpc) is 3.07. The van der Waals surface area contributed by atoms with Crippen LogP contribution >= 0.6 is 0 Å². The molecule has 0 aromatic heterocycles. The minimum atomic E-state index is -1.56. The van der Waals surface area contributed by atoms with Gasteiger partial charge in [0.1, 0.15) is 11.6 Å². The van der Waals surface area contributed by atoms with E-state index in [1.165, 1.54) is 30.3 Å². The van der Waals surface area contributed by atoms with Crippen molar-refractivity contribution in [2.24, 2.45) is 0 Å². The van der Waals surface area contributed by atoms with E-state index in [9.17, 15) is 23.2 Å². The lowest BCUT2D eigenvalue weighted by molar-refractivity contribution is -0.143. The minimum absolute atomic E-state index is 0.0870. The summed E-state index contributed by atoms with van der Waals surface area (Å²) in [6.07, 6.45) is -0.505. The SMILES string of the molecule is CN(C)CCN1C(=O)C[C@](CC(=O)N2CCN(c3ccc(F)cc3)CC2)(c2ccccc2F)C1=O. The molecular weight excluding hydrogens is 454 g/mol. The first-order valence-corrected chi connectivity index (χ1v) is 11.7. The van der Waals surface area contributed by atoms with Crippen molar-refractivity contribution in [1.29, 1.82) is 0 Å². The molecule has 2 heterocycles.